The van der Waals surface area contributed by atoms with E-state index in [1.165, 1.54) is 11.1 Å². The van der Waals surface area contributed by atoms with E-state index < -0.39 is 0 Å². The Morgan fingerprint density at radius 3 is 2.30 bits per heavy atom. The van der Waals surface area contributed by atoms with Gasteiger partial charge < -0.3 is 4.74 Å². The lowest BCUT2D eigenvalue weighted by molar-refractivity contribution is 0.0953. The number of hydrogen-bond acceptors (Lipinski definition) is 5. The van der Waals surface area contributed by atoms with Gasteiger partial charge in [0.05, 0.1) is 22.8 Å². The molecule has 0 amide bonds. The lowest BCUT2D eigenvalue weighted by Gasteiger charge is -2.19. The van der Waals surface area contributed by atoms with Crippen LogP contribution in [0.15, 0.2) is 83.3 Å². The van der Waals surface area contributed by atoms with E-state index in [4.69, 9.17) is 4.74 Å². The van der Waals surface area contributed by atoms with E-state index in [0.717, 1.165) is 41.9 Å². The summed E-state index contributed by atoms with van der Waals surface area (Å²) in [5.74, 6) is 0.933. The van der Waals surface area contributed by atoms with Crippen LogP contribution in [-0.4, -0.2) is 27.5 Å². The van der Waals surface area contributed by atoms with Crippen molar-refractivity contribution in [1.29, 1.82) is 0 Å². The molecule has 0 N–H and O–H groups in total. The summed E-state index contributed by atoms with van der Waals surface area (Å²) in [6, 6.07) is 25.4. The van der Waals surface area contributed by atoms with Crippen molar-refractivity contribution in [3.8, 4) is 10.7 Å². The van der Waals surface area contributed by atoms with Crippen molar-refractivity contribution in [2.45, 2.75) is 35.9 Å². The Hall–Kier alpha value is -2.41. The summed E-state index contributed by atoms with van der Waals surface area (Å²) in [7, 11) is 0. The van der Waals surface area contributed by atoms with Gasteiger partial charge in [0.1, 0.15) is 0 Å². The third-order valence-corrected chi connectivity index (χ3v) is 7.46. The van der Waals surface area contributed by atoms with Crippen LogP contribution in [0.25, 0.3) is 10.7 Å². The van der Waals surface area contributed by atoms with E-state index >= 15 is 0 Å². The summed E-state index contributed by atoms with van der Waals surface area (Å²) in [6.07, 6.45) is 2.44. The van der Waals surface area contributed by atoms with Gasteiger partial charge in [-0.15, -0.1) is 21.5 Å². The second kappa shape index (κ2) is 9.16. The van der Waals surface area contributed by atoms with Crippen LogP contribution in [0.5, 0.6) is 0 Å². The topological polar surface area (TPSA) is 39.9 Å². The van der Waals surface area contributed by atoms with Gasteiger partial charge in [0, 0.05) is 6.61 Å². The van der Waals surface area contributed by atoms with Crippen molar-refractivity contribution < 1.29 is 4.74 Å². The molecular formula is C24H23N3OS2. The predicted molar refractivity (Wildman–Crippen MR) is 123 cm³/mol. The normalized spacial score (nSPS) is 16.4. The van der Waals surface area contributed by atoms with Crippen LogP contribution in [-0.2, 0) is 11.3 Å². The van der Waals surface area contributed by atoms with Gasteiger partial charge >= 0.3 is 0 Å². The minimum Gasteiger partial charge on any atom is -0.376 e. The summed E-state index contributed by atoms with van der Waals surface area (Å²) in [4.78, 5) is 1.14. The fourth-order valence-electron chi connectivity index (χ4n) is 3.81. The van der Waals surface area contributed by atoms with Crippen molar-refractivity contribution in [3.63, 3.8) is 0 Å². The highest BCUT2D eigenvalue weighted by Gasteiger charge is 2.25. The van der Waals surface area contributed by atoms with Crippen LogP contribution in [0.3, 0.4) is 0 Å². The van der Waals surface area contributed by atoms with E-state index in [0.29, 0.717) is 0 Å². The quantitative estimate of drug-likeness (QED) is 0.332. The summed E-state index contributed by atoms with van der Waals surface area (Å²) in [5.41, 5.74) is 2.52. The van der Waals surface area contributed by atoms with E-state index in [2.05, 4.69) is 92.9 Å². The molecule has 0 spiro atoms. The molecule has 30 heavy (non-hydrogen) atoms. The Labute approximate surface area is 184 Å². The maximum absolute atomic E-state index is 5.95. The van der Waals surface area contributed by atoms with Crippen molar-refractivity contribution >= 4 is 23.1 Å². The monoisotopic (exact) mass is 433 g/mol. The average Bonchev–Trinajstić information content (AvgIpc) is 3.57. The molecule has 3 heterocycles. The van der Waals surface area contributed by atoms with Crippen LogP contribution in [0.2, 0.25) is 0 Å². The van der Waals surface area contributed by atoms with Gasteiger partial charge in [-0.3, -0.25) is 4.57 Å². The maximum Gasteiger partial charge on any atom is 0.192 e. The second-order valence-electron chi connectivity index (χ2n) is 7.35. The summed E-state index contributed by atoms with van der Waals surface area (Å²) >= 11 is 3.46. The Morgan fingerprint density at radius 1 is 0.967 bits per heavy atom. The first-order valence-electron chi connectivity index (χ1n) is 10.2. The standard InChI is InChI=1S/C24H23N3OS2/c1-3-9-18(10-4-1)22(19-11-5-2-6-12-19)30-24-26-25-23(21-14-8-16-29-21)27(24)17-20-13-7-15-28-20/h1-6,8-12,14,16,20,22H,7,13,15,17H2. The van der Waals surface area contributed by atoms with Crippen molar-refractivity contribution in [3.05, 3.63) is 89.3 Å². The van der Waals surface area contributed by atoms with Crippen molar-refractivity contribution in [2.75, 3.05) is 6.61 Å². The highest BCUT2D eigenvalue weighted by Crippen LogP contribution is 2.41. The molecule has 4 aromatic rings. The lowest BCUT2D eigenvalue weighted by Crippen LogP contribution is -2.16. The fourth-order valence-corrected chi connectivity index (χ4v) is 5.70. The number of aromatic nitrogens is 3. The minimum atomic E-state index is 0.149. The van der Waals surface area contributed by atoms with Gasteiger partial charge in [0.25, 0.3) is 0 Å². The molecule has 1 aliphatic heterocycles. The van der Waals surface area contributed by atoms with Gasteiger partial charge in [0.2, 0.25) is 0 Å². The fraction of sp³-hybridized carbons (Fsp3) is 0.250. The largest absolute Gasteiger partial charge is 0.376 e. The second-order valence-corrected chi connectivity index (χ2v) is 9.37. The Balaban J connectivity index is 1.53. The van der Waals surface area contributed by atoms with Gasteiger partial charge in [-0.2, -0.15) is 0 Å². The molecule has 1 fully saturated rings. The molecule has 1 saturated heterocycles. The lowest BCUT2D eigenvalue weighted by atomic mass is 10.0. The number of rotatable bonds is 7. The van der Waals surface area contributed by atoms with Gasteiger partial charge in [-0.05, 0) is 35.4 Å². The molecule has 152 valence electrons. The minimum absolute atomic E-state index is 0.149. The summed E-state index contributed by atoms with van der Waals surface area (Å²) in [5, 5.41) is 12.4. The number of hydrogen-bond donors (Lipinski definition) is 0. The molecule has 0 radical (unpaired) electrons. The molecule has 4 nitrogen and oxygen atoms in total. The number of ether oxygens (including phenoxy) is 1. The third kappa shape index (κ3) is 4.21. The third-order valence-electron chi connectivity index (χ3n) is 5.30. The molecular weight excluding hydrogens is 410 g/mol. The van der Waals surface area contributed by atoms with Crippen molar-refractivity contribution in [2.24, 2.45) is 0 Å². The molecule has 0 saturated carbocycles. The summed E-state index contributed by atoms with van der Waals surface area (Å²) < 4.78 is 8.20. The Morgan fingerprint density at radius 2 is 1.70 bits per heavy atom. The van der Waals surface area contributed by atoms with Gasteiger partial charge in [0.15, 0.2) is 11.0 Å². The van der Waals surface area contributed by atoms with Crippen LogP contribution < -0.4 is 0 Å². The van der Waals surface area contributed by atoms with Crippen LogP contribution >= 0.6 is 23.1 Å². The van der Waals surface area contributed by atoms with Gasteiger partial charge in [-0.25, -0.2) is 0 Å². The van der Waals surface area contributed by atoms with Crippen LogP contribution in [0.1, 0.15) is 29.2 Å². The van der Waals surface area contributed by atoms with E-state index in [-0.39, 0.29) is 11.4 Å². The first-order valence-corrected chi connectivity index (χ1v) is 12.0. The molecule has 2 aromatic carbocycles. The van der Waals surface area contributed by atoms with Crippen LogP contribution in [0.4, 0.5) is 0 Å². The molecule has 1 aliphatic rings. The SMILES string of the molecule is c1ccc(C(Sc2nnc(-c3cccs3)n2CC2CCCO2)c2ccccc2)cc1. The maximum atomic E-state index is 5.95. The molecule has 6 heteroatoms. The van der Waals surface area contributed by atoms with E-state index in [9.17, 15) is 0 Å². The average molecular weight is 434 g/mol. The van der Waals surface area contributed by atoms with E-state index in [1.807, 2.05) is 0 Å². The van der Waals surface area contributed by atoms with Crippen LogP contribution in [0, 0.1) is 0 Å². The molecule has 1 atom stereocenters. The number of thioether (sulfide) groups is 1. The molecule has 1 unspecified atom stereocenters. The van der Waals surface area contributed by atoms with Gasteiger partial charge in [-0.1, -0.05) is 78.5 Å². The zero-order valence-electron chi connectivity index (χ0n) is 16.6. The Bertz CT molecular complexity index is 1020. The first-order chi connectivity index (χ1) is 14.9. The number of nitrogens with zero attached hydrogens (tertiary/aromatic N) is 3. The molecule has 5 rings (SSSR count). The molecule has 0 aliphatic carbocycles. The molecule has 0 bridgehead atoms. The zero-order valence-corrected chi connectivity index (χ0v) is 18.2. The first kappa shape index (κ1) is 19.5. The summed E-state index contributed by atoms with van der Waals surface area (Å²) in [6.45, 7) is 1.64. The predicted octanol–water partition coefficient (Wildman–Crippen LogP) is 6.07. The highest BCUT2D eigenvalue weighted by molar-refractivity contribution is 7.99. The molecule has 2 aromatic heterocycles. The Kier molecular flexibility index (Phi) is 5.97. The number of thiophene rings is 1. The van der Waals surface area contributed by atoms with Crippen molar-refractivity contribution in [1.82, 2.24) is 14.8 Å². The van der Waals surface area contributed by atoms with E-state index in [1.54, 1.807) is 23.1 Å². The number of benzene rings is 2. The zero-order chi connectivity index (χ0) is 20.2. The highest BCUT2D eigenvalue weighted by atomic mass is 32.2. The smallest absolute Gasteiger partial charge is 0.192 e.